The van der Waals surface area contributed by atoms with Crippen LogP contribution in [0, 0.1) is 11.6 Å². The van der Waals surface area contributed by atoms with Gasteiger partial charge < -0.3 is 5.32 Å². The van der Waals surface area contributed by atoms with E-state index in [9.17, 15) is 8.78 Å². The number of hydrogen-bond acceptors (Lipinski definition) is 3. The lowest BCUT2D eigenvalue weighted by Gasteiger charge is -2.07. The van der Waals surface area contributed by atoms with Gasteiger partial charge in [0.25, 0.3) is 0 Å². The van der Waals surface area contributed by atoms with Crippen LogP contribution in [0.1, 0.15) is 0 Å². The molecule has 5 heteroatoms. The molecule has 1 aromatic heterocycles. The van der Waals surface area contributed by atoms with Gasteiger partial charge in [-0.3, -0.25) is 4.98 Å². The fourth-order valence-electron chi connectivity index (χ4n) is 1.40. The van der Waals surface area contributed by atoms with E-state index in [-0.39, 0.29) is 5.56 Å². The molecule has 0 fully saturated rings. The summed E-state index contributed by atoms with van der Waals surface area (Å²) >= 11 is 0. The Labute approximate surface area is 91.2 Å². The van der Waals surface area contributed by atoms with Gasteiger partial charge in [-0.1, -0.05) is 6.07 Å². The highest BCUT2D eigenvalue weighted by Crippen LogP contribution is 2.26. The Kier molecular flexibility index (Phi) is 2.76. The van der Waals surface area contributed by atoms with Crippen molar-refractivity contribution in [2.24, 2.45) is 0 Å². The first-order valence-corrected chi connectivity index (χ1v) is 4.67. The van der Waals surface area contributed by atoms with E-state index in [1.54, 1.807) is 7.05 Å². The van der Waals surface area contributed by atoms with Crippen LogP contribution in [0.3, 0.4) is 0 Å². The molecular weight excluding hydrogens is 212 g/mol. The monoisotopic (exact) mass is 221 g/mol. The Bertz CT molecular complexity index is 514. The second-order valence-corrected chi connectivity index (χ2v) is 3.10. The average Bonchev–Trinajstić information content (AvgIpc) is 2.33. The Morgan fingerprint density at radius 2 is 1.88 bits per heavy atom. The maximum absolute atomic E-state index is 13.5. The predicted molar refractivity (Wildman–Crippen MR) is 56.9 cm³/mol. The minimum atomic E-state index is -0.917. The van der Waals surface area contributed by atoms with Crippen molar-refractivity contribution in [2.45, 2.75) is 0 Å². The molecule has 0 atom stereocenters. The zero-order valence-electron chi connectivity index (χ0n) is 8.54. The fraction of sp³-hybridized carbons (Fsp3) is 0.0909. The van der Waals surface area contributed by atoms with Crippen molar-refractivity contribution >= 4 is 5.82 Å². The molecule has 0 bridgehead atoms. The minimum Gasteiger partial charge on any atom is -0.371 e. The van der Waals surface area contributed by atoms with Gasteiger partial charge in [-0.25, -0.2) is 13.8 Å². The van der Waals surface area contributed by atoms with Gasteiger partial charge in [-0.15, -0.1) is 0 Å². The average molecular weight is 221 g/mol. The smallest absolute Gasteiger partial charge is 0.168 e. The molecule has 82 valence electrons. The van der Waals surface area contributed by atoms with E-state index in [0.29, 0.717) is 11.5 Å². The molecule has 16 heavy (non-hydrogen) atoms. The predicted octanol–water partition coefficient (Wildman–Crippen LogP) is 2.46. The normalized spacial score (nSPS) is 10.2. The number of benzene rings is 1. The Morgan fingerprint density at radius 1 is 1.12 bits per heavy atom. The molecule has 0 unspecified atom stereocenters. The van der Waals surface area contributed by atoms with Crippen molar-refractivity contribution in [1.82, 2.24) is 9.97 Å². The van der Waals surface area contributed by atoms with Crippen LogP contribution < -0.4 is 5.32 Å². The standard InChI is InChI=1S/C11H9F2N3/c1-14-11-10(15-5-6-16-11)7-3-2-4-8(12)9(7)13/h2-6H,1H3,(H,14,16). The van der Waals surface area contributed by atoms with Gasteiger partial charge >= 0.3 is 0 Å². The quantitative estimate of drug-likeness (QED) is 0.846. The minimum absolute atomic E-state index is 0.0949. The first kappa shape index (κ1) is 10.5. The number of nitrogens with one attached hydrogen (secondary N) is 1. The lowest BCUT2D eigenvalue weighted by molar-refractivity contribution is 0.511. The Morgan fingerprint density at radius 3 is 2.62 bits per heavy atom. The zero-order chi connectivity index (χ0) is 11.5. The summed E-state index contributed by atoms with van der Waals surface area (Å²) in [5.74, 6) is -1.41. The van der Waals surface area contributed by atoms with Crippen LogP contribution in [-0.2, 0) is 0 Å². The maximum Gasteiger partial charge on any atom is 0.168 e. The summed E-state index contributed by atoms with van der Waals surface area (Å²) in [5.41, 5.74) is 0.388. The third kappa shape index (κ3) is 1.71. The van der Waals surface area contributed by atoms with Crippen molar-refractivity contribution in [3.8, 4) is 11.3 Å². The summed E-state index contributed by atoms with van der Waals surface area (Å²) in [5, 5.41) is 2.78. The van der Waals surface area contributed by atoms with Crippen molar-refractivity contribution in [3.05, 3.63) is 42.2 Å². The van der Waals surface area contributed by atoms with Crippen LogP contribution in [0.2, 0.25) is 0 Å². The van der Waals surface area contributed by atoms with Crippen LogP contribution >= 0.6 is 0 Å². The molecule has 0 amide bonds. The lowest BCUT2D eigenvalue weighted by Crippen LogP contribution is -1.99. The van der Waals surface area contributed by atoms with E-state index < -0.39 is 11.6 Å². The number of aromatic nitrogens is 2. The summed E-state index contributed by atoms with van der Waals surface area (Å²) in [6, 6.07) is 3.96. The van der Waals surface area contributed by atoms with E-state index in [4.69, 9.17) is 0 Å². The molecule has 0 aliphatic carbocycles. The molecule has 2 rings (SSSR count). The molecule has 0 aliphatic heterocycles. The van der Waals surface area contributed by atoms with E-state index in [0.717, 1.165) is 6.07 Å². The SMILES string of the molecule is CNc1nccnc1-c1cccc(F)c1F. The fourth-order valence-corrected chi connectivity index (χ4v) is 1.40. The number of rotatable bonds is 2. The number of hydrogen-bond donors (Lipinski definition) is 1. The molecule has 1 aromatic carbocycles. The lowest BCUT2D eigenvalue weighted by atomic mass is 10.1. The highest BCUT2D eigenvalue weighted by molar-refractivity contribution is 5.71. The number of halogens is 2. The van der Waals surface area contributed by atoms with E-state index in [1.807, 2.05) is 0 Å². The van der Waals surface area contributed by atoms with Crippen molar-refractivity contribution in [2.75, 3.05) is 12.4 Å². The summed E-state index contributed by atoms with van der Waals surface area (Å²) < 4.78 is 26.6. The third-order valence-corrected chi connectivity index (χ3v) is 2.14. The molecular formula is C11H9F2N3. The molecule has 1 heterocycles. The van der Waals surface area contributed by atoms with Gasteiger partial charge in [0.15, 0.2) is 17.5 Å². The van der Waals surface area contributed by atoms with Crippen molar-refractivity contribution in [3.63, 3.8) is 0 Å². The van der Waals surface area contributed by atoms with E-state index >= 15 is 0 Å². The van der Waals surface area contributed by atoms with E-state index in [2.05, 4.69) is 15.3 Å². The maximum atomic E-state index is 13.5. The highest BCUT2D eigenvalue weighted by Gasteiger charge is 2.14. The molecule has 1 N–H and O–H groups in total. The van der Waals surface area contributed by atoms with Crippen LogP contribution in [0.15, 0.2) is 30.6 Å². The zero-order valence-corrected chi connectivity index (χ0v) is 8.54. The van der Waals surface area contributed by atoms with Gasteiger partial charge in [0.2, 0.25) is 0 Å². The van der Waals surface area contributed by atoms with Crippen LogP contribution in [-0.4, -0.2) is 17.0 Å². The topological polar surface area (TPSA) is 37.8 Å². The molecule has 0 spiro atoms. The summed E-state index contributed by atoms with van der Waals surface area (Å²) in [7, 11) is 1.64. The van der Waals surface area contributed by atoms with Crippen molar-refractivity contribution in [1.29, 1.82) is 0 Å². The molecule has 0 radical (unpaired) electrons. The third-order valence-electron chi connectivity index (χ3n) is 2.14. The highest BCUT2D eigenvalue weighted by atomic mass is 19.2. The molecule has 2 aromatic rings. The molecule has 0 aliphatic rings. The Balaban J connectivity index is 2.63. The van der Waals surface area contributed by atoms with Crippen LogP contribution in [0.25, 0.3) is 11.3 Å². The number of anilines is 1. The summed E-state index contributed by atoms with van der Waals surface area (Å²) in [6.07, 6.45) is 2.91. The molecule has 0 saturated carbocycles. The van der Waals surface area contributed by atoms with Gasteiger partial charge in [0.05, 0.1) is 0 Å². The number of nitrogens with zero attached hydrogens (tertiary/aromatic N) is 2. The van der Waals surface area contributed by atoms with Crippen molar-refractivity contribution < 1.29 is 8.78 Å². The van der Waals surface area contributed by atoms with E-state index in [1.165, 1.54) is 24.5 Å². The van der Waals surface area contributed by atoms with Crippen LogP contribution in [0.4, 0.5) is 14.6 Å². The summed E-state index contributed by atoms with van der Waals surface area (Å²) in [6.45, 7) is 0. The van der Waals surface area contributed by atoms with Gasteiger partial charge in [-0.05, 0) is 12.1 Å². The van der Waals surface area contributed by atoms with Gasteiger partial charge in [0, 0.05) is 25.0 Å². The first-order chi connectivity index (χ1) is 7.74. The van der Waals surface area contributed by atoms with Crippen LogP contribution in [0.5, 0.6) is 0 Å². The largest absolute Gasteiger partial charge is 0.371 e. The van der Waals surface area contributed by atoms with Gasteiger partial charge in [0.1, 0.15) is 5.69 Å². The Hall–Kier alpha value is -2.04. The summed E-state index contributed by atoms with van der Waals surface area (Å²) in [4.78, 5) is 7.97. The first-order valence-electron chi connectivity index (χ1n) is 4.67. The second-order valence-electron chi connectivity index (χ2n) is 3.10. The second kappa shape index (κ2) is 4.22. The molecule has 3 nitrogen and oxygen atoms in total. The molecule has 0 saturated heterocycles. The van der Waals surface area contributed by atoms with Gasteiger partial charge in [-0.2, -0.15) is 0 Å².